The van der Waals surface area contributed by atoms with Crippen molar-refractivity contribution in [2.24, 2.45) is 23.7 Å². The van der Waals surface area contributed by atoms with Crippen LogP contribution in [0.4, 0.5) is 0 Å². The summed E-state index contributed by atoms with van der Waals surface area (Å²) in [4.78, 5) is 11.8. The quantitative estimate of drug-likeness (QED) is 0.698. The Bertz CT molecular complexity index is 281. The van der Waals surface area contributed by atoms with E-state index in [1.807, 2.05) is 0 Å². The van der Waals surface area contributed by atoms with E-state index in [2.05, 4.69) is 6.92 Å². The third-order valence-corrected chi connectivity index (χ3v) is 5.40. The van der Waals surface area contributed by atoms with Crippen molar-refractivity contribution in [2.75, 3.05) is 0 Å². The van der Waals surface area contributed by atoms with E-state index in [4.69, 9.17) is 4.74 Å². The minimum atomic E-state index is 0.0636. The van der Waals surface area contributed by atoms with Crippen molar-refractivity contribution in [2.45, 2.75) is 64.4 Å². The number of rotatable bonds is 4. The molecule has 0 radical (unpaired) electrons. The van der Waals surface area contributed by atoms with Gasteiger partial charge in [-0.1, -0.05) is 19.8 Å². The van der Waals surface area contributed by atoms with E-state index in [1.165, 1.54) is 32.1 Å². The van der Waals surface area contributed by atoms with E-state index >= 15 is 0 Å². The monoisotopic (exact) mass is 236 g/mol. The summed E-state index contributed by atoms with van der Waals surface area (Å²) in [5.41, 5.74) is 0. The molecule has 0 amide bonds. The standard InChI is InChI=1S/C15H24O2/c1-2-3-7-14(16)17-15-12-8-9-13(15)11-6-4-5-10(11)12/h10-13,15H,2-9H2,1H3. The molecule has 2 nitrogen and oxygen atoms in total. The van der Waals surface area contributed by atoms with Crippen molar-refractivity contribution in [3.8, 4) is 0 Å². The first-order valence-corrected chi connectivity index (χ1v) is 7.50. The summed E-state index contributed by atoms with van der Waals surface area (Å²) in [5, 5.41) is 0. The summed E-state index contributed by atoms with van der Waals surface area (Å²) in [6, 6.07) is 0. The Morgan fingerprint density at radius 2 is 1.71 bits per heavy atom. The highest BCUT2D eigenvalue weighted by molar-refractivity contribution is 5.69. The number of carbonyl (C=O) groups excluding carboxylic acids is 1. The fourth-order valence-corrected chi connectivity index (χ4v) is 4.73. The molecule has 96 valence electrons. The van der Waals surface area contributed by atoms with Gasteiger partial charge in [0.25, 0.3) is 0 Å². The molecule has 3 rings (SSSR count). The number of esters is 1. The smallest absolute Gasteiger partial charge is 0.306 e. The molecule has 0 aromatic heterocycles. The van der Waals surface area contributed by atoms with Crippen LogP contribution in [0.2, 0.25) is 0 Å². The molecular weight excluding hydrogens is 212 g/mol. The lowest BCUT2D eigenvalue weighted by Gasteiger charge is -2.22. The molecule has 0 saturated heterocycles. The minimum Gasteiger partial charge on any atom is -0.462 e. The van der Waals surface area contributed by atoms with Crippen LogP contribution in [0.15, 0.2) is 0 Å². The van der Waals surface area contributed by atoms with E-state index in [0.29, 0.717) is 12.5 Å². The van der Waals surface area contributed by atoms with Gasteiger partial charge in [0.2, 0.25) is 0 Å². The van der Waals surface area contributed by atoms with Gasteiger partial charge >= 0.3 is 5.97 Å². The van der Waals surface area contributed by atoms with Crippen molar-refractivity contribution in [3.05, 3.63) is 0 Å². The van der Waals surface area contributed by atoms with Gasteiger partial charge in [-0.15, -0.1) is 0 Å². The van der Waals surface area contributed by atoms with Gasteiger partial charge in [0.15, 0.2) is 0 Å². The van der Waals surface area contributed by atoms with Crippen LogP contribution in [-0.2, 0) is 9.53 Å². The van der Waals surface area contributed by atoms with Crippen LogP contribution < -0.4 is 0 Å². The third kappa shape index (κ3) is 1.90. The van der Waals surface area contributed by atoms with Crippen molar-refractivity contribution < 1.29 is 9.53 Å². The second-order valence-electron chi connectivity index (χ2n) is 6.22. The van der Waals surface area contributed by atoms with Gasteiger partial charge < -0.3 is 4.74 Å². The molecule has 3 saturated carbocycles. The highest BCUT2D eigenvalue weighted by Gasteiger charge is 2.57. The number of carbonyl (C=O) groups is 1. The average Bonchev–Trinajstić information content (AvgIpc) is 2.98. The van der Waals surface area contributed by atoms with Crippen molar-refractivity contribution in [1.82, 2.24) is 0 Å². The summed E-state index contributed by atoms with van der Waals surface area (Å²) >= 11 is 0. The highest BCUT2D eigenvalue weighted by atomic mass is 16.5. The molecule has 0 aliphatic heterocycles. The maximum Gasteiger partial charge on any atom is 0.306 e. The third-order valence-electron chi connectivity index (χ3n) is 5.40. The van der Waals surface area contributed by atoms with Crippen LogP contribution >= 0.6 is 0 Å². The average molecular weight is 236 g/mol. The second-order valence-corrected chi connectivity index (χ2v) is 6.22. The van der Waals surface area contributed by atoms with Crippen LogP contribution in [-0.4, -0.2) is 12.1 Å². The first-order valence-electron chi connectivity index (χ1n) is 7.50. The summed E-state index contributed by atoms with van der Waals surface area (Å²) < 4.78 is 5.80. The van der Waals surface area contributed by atoms with Crippen LogP contribution in [0.5, 0.6) is 0 Å². The molecule has 4 unspecified atom stereocenters. The minimum absolute atomic E-state index is 0.0636. The Hall–Kier alpha value is -0.530. The fourth-order valence-electron chi connectivity index (χ4n) is 4.73. The lowest BCUT2D eigenvalue weighted by atomic mass is 9.82. The molecular formula is C15H24O2. The lowest BCUT2D eigenvalue weighted by Crippen LogP contribution is -2.24. The van der Waals surface area contributed by atoms with E-state index in [-0.39, 0.29) is 5.97 Å². The molecule has 0 N–H and O–H groups in total. The molecule has 0 aromatic carbocycles. The van der Waals surface area contributed by atoms with Gasteiger partial charge in [-0.25, -0.2) is 0 Å². The maximum atomic E-state index is 11.8. The molecule has 17 heavy (non-hydrogen) atoms. The van der Waals surface area contributed by atoms with Crippen molar-refractivity contribution in [1.29, 1.82) is 0 Å². The van der Waals surface area contributed by atoms with Gasteiger partial charge in [-0.2, -0.15) is 0 Å². The zero-order valence-corrected chi connectivity index (χ0v) is 10.9. The van der Waals surface area contributed by atoms with E-state index in [9.17, 15) is 4.79 Å². The maximum absolute atomic E-state index is 11.8. The topological polar surface area (TPSA) is 26.3 Å². The Morgan fingerprint density at radius 3 is 2.29 bits per heavy atom. The first-order chi connectivity index (χ1) is 8.31. The van der Waals surface area contributed by atoms with Gasteiger partial charge in [-0.3, -0.25) is 4.79 Å². The SMILES string of the molecule is CCCCC(=O)OC1C2CCC1C1CCCC12. The zero-order valence-electron chi connectivity index (χ0n) is 10.9. The molecule has 0 heterocycles. The Labute approximate surface area is 104 Å². The molecule has 2 bridgehead atoms. The Morgan fingerprint density at radius 1 is 1.06 bits per heavy atom. The summed E-state index contributed by atoms with van der Waals surface area (Å²) in [6.45, 7) is 2.12. The fraction of sp³-hybridized carbons (Fsp3) is 0.933. The molecule has 3 fully saturated rings. The van der Waals surface area contributed by atoms with Crippen LogP contribution in [0.3, 0.4) is 0 Å². The predicted molar refractivity (Wildman–Crippen MR) is 66.5 cm³/mol. The summed E-state index contributed by atoms with van der Waals surface area (Å²) in [6.07, 6.45) is 9.83. The van der Waals surface area contributed by atoms with E-state index in [1.54, 1.807) is 0 Å². The van der Waals surface area contributed by atoms with Crippen LogP contribution in [0.25, 0.3) is 0 Å². The number of fused-ring (bicyclic) bond motifs is 5. The zero-order chi connectivity index (χ0) is 11.8. The number of hydrogen-bond donors (Lipinski definition) is 0. The summed E-state index contributed by atoms with van der Waals surface area (Å²) in [5.74, 6) is 3.31. The number of hydrogen-bond acceptors (Lipinski definition) is 2. The Kier molecular flexibility index (Phi) is 3.14. The second kappa shape index (κ2) is 4.62. The molecule has 3 aliphatic carbocycles. The Balaban J connectivity index is 1.60. The van der Waals surface area contributed by atoms with Crippen LogP contribution in [0.1, 0.15) is 58.3 Å². The van der Waals surface area contributed by atoms with Gasteiger partial charge in [-0.05, 0) is 55.8 Å². The number of ether oxygens (including phenoxy) is 1. The lowest BCUT2D eigenvalue weighted by molar-refractivity contribution is -0.152. The van der Waals surface area contributed by atoms with Crippen molar-refractivity contribution >= 4 is 5.97 Å². The summed E-state index contributed by atoms with van der Waals surface area (Å²) in [7, 11) is 0. The van der Waals surface area contributed by atoms with Crippen molar-refractivity contribution in [3.63, 3.8) is 0 Å². The van der Waals surface area contributed by atoms with E-state index in [0.717, 1.165) is 36.5 Å². The molecule has 0 spiro atoms. The normalized spacial score (nSPS) is 42.8. The highest BCUT2D eigenvalue weighted by Crippen LogP contribution is 2.59. The molecule has 2 heteroatoms. The van der Waals surface area contributed by atoms with Crippen LogP contribution in [0, 0.1) is 23.7 Å². The largest absolute Gasteiger partial charge is 0.462 e. The number of unbranched alkanes of at least 4 members (excludes halogenated alkanes) is 1. The molecule has 4 atom stereocenters. The van der Waals surface area contributed by atoms with Gasteiger partial charge in [0.1, 0.15) is 6.10 Å². The van der Waals surface area contributed by atoms with E-state index < -0.39 is 0 Å². The predicted octanol–water partition coefficient (Wildman–Crippen LogP) is 3.54. The first kappa shape index (κ1) is 11.6. The van der Waals surface area contributed by atoms with Gasteiger partial charge in [0.05, 0.1) is 0 Å². The van der Waals surface area contributed by atoms with Gasteiger partial charge in [0, 0.05) is 6.42 Å². The molecule has 0 aromatic rings. The molecule has 3 aliphatic rings.